The summed E-state index contributed by atoms with van der Waals surface area (Å²) in [6, 6.07) is 1.97. The van der Waals surface area contributed by atoms with Crippen molar-refractivity contribution in [1.82, 2.24) is 58.1 Å². The average molecular weight is 687 g/mol. The van der Waals surface area contributed by atoms with Gasteiger partial charge in [0.1, 0.15) is 18.9 Å². The Labute approximate surface area is 279 Å². The van der Waals surface area contributed by atoms with Gasteiger partial charge in [0, 0.05) is 45.3 Å². The van der Waals surface area contributed by atoms with E-state index in [4.69, 9.17) is 5.11 Å². The number of anilines is 2. The van der Waals surface area contributed by atoms with Crippen molar-refractivity contribution in [2.75, 3.05) is 16.8 Å². The standard InChI is InChI=1S/C21H22N10O3.C8H8N4O4/c1-12-4-3-7-31(12)20-23-8-13(9-24-20)17-22-6-5-14(27-17)26-15(32)10-30-11-25-18-16(30)19(33)28-21(34)29(18)2;1-11-6-5(7(15)10-8(11)16)12(3-9-6)2-4(13)14/h5-6,8-9,11-12H,3-4,7,10H2,1-2H3,(H,28,33,34)(H,22,26,27,32);3H,2H2,1H3,(H,13,14)(H,10,15,16)/t12-;/m0./s1. The van der Waals surface area contributed by atoms with Crippen LogP contribution in [0.5, 0.6) is 0 Å². The molecule has 4 N–H and O–H groups in total. The van der Waals surface area contributed by atoms with Crippen molar-refractivity contribution >= 4 is 46.0 Å². The summed E-state index contributed by atoms with van der Waals surface area (Å²) in [6.07, 6.45) is 9.67. The number of amides is 1. The molecule has 1 aliphatic heterocycles. The zero-order valence-electron chi connectivity index (χ0n) is 26.9. The minimum absolute atomic E-state index is 0.0736. The number of hydrogen-bond donors (Lipinski definition) is 4. The summed E-state index contributed by atoms with van der Waals surface area (Å²) in [7, 11) is 2.93. The quantitative estimate of drug-likeness (QED) is 0.154. The number of carboxylic acid groups (broad SMARTS) is 1. The van der Waals surface area contributed by atoms with Gasteiger partial charge in [-0.25, -0.2) is 39.5 Å². The number of aromatic nitrogens is 12. The first kappa shape index (κ1) is 33.1. The number of rotatable bonds is 7. The fraction of sp³-hybridized carbons (Fsp3) is 0.310. The van der Waals surface area contributed by atoms with E-state index < -0.39 is 34.4 Å². The van der Waals surface area contributed by atoms with E-state index in [1.807, 2.05) is 0 Å². The van der Waals surface area contributed by atoms with E-state index in [9.17, 15) is 28.8 Å². The number of carbonyl (C=O) groups excluding carboxylic acids is 1. The second-order valence-corrected chi connectivity index (χ2v) is 11.4. The molecule has 1 saturated heterocycles. The van der Waals surface area contributed by atoms with Gasteiger partial charge < -0.3 is 24.5 Å². The van der Waals surface area contributed by atoms with Gasteiger partial charge in [0.2, 0.25) is 11.9 Å². The van der Waals surface area contributed by atoms with Gasteiger partial charge in [-0.2, -0.15) is 0 Å². The molecule has 0 bridgehead atoms. The van der Waals surface area contributed by atoms with E-state index >= 15 is 0 Å². The maximum absolute atomic E-state index is 12.6. The molecule has 0 spiro atoms. The lowest BCUT2D eigenvalue weighted by molar-refractivity contribution is -0.137. The van der Waals surface area contributed by atoms with E-state index in [0.29, 0.717) is 23.4 Å². The Bertz CT molecular complexity index is 2490. The van der Waals surface area contributed by atoms with Crippen LogP contribution in [0.3, 0.4) is 0 Å². The third kappa shape index (κ3) is 6.50. The van der Waals surface area contributed by atoms with Crippen molar-refractivity contribution in [1.29, 1.82) is 0 Å². The van der Waals surface area contributed by atoms with Crippen LogP contribution in [0.2, 0.25) is 0 Å². The smallest absolute Gasteiger partial charge is 0.329 e. The molecule has 21 heteroatoms. The van der Waals surface area contributed by atoms with Gasteiger partial charge in [0.25, 0.3) is 11.1 Å². The van der Waals surface area contributed by atoms with Gasteiger partial charge >= 0.3 is 17.3 Å². The fourth-order valence-electron chi connectivity index (χ4n) is 5.48. The van der Waals surface area contributed by atoms with Crippen molar-refractivity contribution in [3.8, 4) is 11.4 Å². The van der Waals surface area contributed by atoms with Gasteiger partial charge in [-0.15, -0.1) is 0 Å². The fourth-order valence-corrected chi connectivity index (χ4v) is 5.48. The first-order valence-electron chi connectivity index (χ1n) is 15.1. The highest BCUT2D eigenvalue weighted by molar-refractivity contribution is 5.90. The highest BCUT2D eigenvalue weighted by Crippen LogP contribution is 2.23. The summed E-state index contributed by atoms with van der Waals surface area (Å²) in [6.45, 7) is 2.52. The highest BCUT2D eigenvalue weighted by atomic mass is 16.4. The highest BCUT2D eigenvalue weighted by Gasteiger charge is 2.23. The van der Waals surface area contributed by atoms with Crippen molar-refractivity contribution in [3.63, 3.8) is 0 Å². The molecule has 7 rings (SSSR count). The van der Waals surface area contributed by atoms with Crippen LogP contribution in [0.15, 0.2) is 56.5 Å². The number of aryl methyl sites for hydroxylation is 2. The molecule has 0 aliphatic carbocycles. The number of nitrogens with one attached hydrogen (secondary N) is 3. The summed E-state index contributed by atoms with van der Waals surface area (Å²) < 4.78 is 4.90. The monoisotopic (exact) mass is 686 g/mol. The van der Waals surface area contributed by atoms with Crippen molar-refractivity contribution in [3.05, 3.63) is 79.0 Å². The number of hydrogen-bond acceptors (Lipinski definition) is 13. The normalized spacial score (nSPS) is 14.1. The number of aromatic amines is 2. The van der Waals surface area contributed by atoms with Crippen LogP contribution < -0.4 is 32.7 Å². The van der Waals surface area contributed by atoms with Gasteiger partial charge in [-0.3, -0.25) is 38.3 Å². The van der Waals surface area contributed by atoms with Crippen molar-refractivity contribution in [2.24, 2.45) is 14.1 Å². The molecular formula is C29H30N14O7. The van der Waals surface area contributed by atoms with Gasteiger partial charge in [-0.05, 0) is 25.8 Å². The molecule has 6 aromatic rings. The number of aliphatic carboxylic acids is 1. The molecule has 7 heterocycles. The maximum Gasteiger partial charge on any atom is 0.329 e. The Hall–Kier alpha value is -6.80. The minimum atomic E-state index is -1.09. The molecule has 0 radical (unpaired) electrons. The van der Waals surface area contributed by atoms with Crippen molar-refractivity contribution < 1.29 is 14.7 Å². The summed E-state index contributed by atoms with van der Waals surface area (Å²) in [5, 5.41) is 11.3. The lowest BCUT2D eigenvalue weighted by atomic mass is 10.2. The predicted molar refractivity (Wildman–Crippen MR) is 177 cm³/mol. The van der Waals surface area contributed by atoms with E-state index in [1.54, 1.807) is 18.5 Å². The molecule has 0 aromatic carbocycles. The second-order valence-electron chi connectivity index (χ2n) is 11.4. The SMILES string of the molecule is C[C@H]1CCCN1c1ncc(-c2nccc(NC(=O)Cn3cnc4c3c(=O)[nH]c(=O)n4C)n2)cn1.Cn1c(=O)[nH]c(=O)c2c1ncn2CC(=O)O. The second kappa shape index (κ2) is 13.4. The number of nitrogens with zero attached hydrogens (tertiary/aromatic N) is 11. The number of fused-ring (bicyclic) bond motifs is 2. The molecule has 0 saturated carbocycles. The Morgan fingerprint density at radius 2 is 1.46 bits per heavy atom. The van der Waals surface area contributed by atoms with E-state index in [-0.39, 0.29) is 41.2 Å². The van der Waals surface area contributed by atoms with Crippen LogP contribution in [-0.4, -0.2) is 87.7 Å². The van der Waals surface area contributed by atoms with Crippen LogP contribution in [-0.2, 0) is 36.8 Å². The van der Waals surface area contributed by atoms with E-state index in [0.717, 1.165) is 24.0 Å². The molecule has 258 valence electrons. The lowest BCUT2D eigenvalue weighted by Gasteiger charge is -2.20. The largest absolute Gasteiger partial charge is 0.480 e. The zero-order chi connectivity index (χ0) is 35.7. The number of H-pyrrole nitrogens is 2. The van der Waals surface area contributed by atoms with Gasteiger partial charge in [0.15, 0.2) is 28.2 Å². The number of carboxylic acids is 1. The Balaban J connectivity index is 0.000000226. The van der Waals surface area contributed by atoms with Gasteiger partial charge in [-0.1, -0.05) is 0 Å². The molecular weight excluding hydrogens is 656 g/mol. The van der Waals surface area contributed by atoms with Crippen LogP contribution in [0.25, 0.3) is 33.7 Å². The average Bonchev–Trinajstić information content (AvgIpc) is 3.82. The molecule has 21 nitrogen and oxygen atoms in total. The molecule has 6 aromatic heterocycles. The minimum Gasteiger partial charge on any atom is -0.480 e. The maximum atomic E-state index is 12.6. The molecule has 1 amide bonds. The lowest BCUT2D eigenvalue weighted by Crippen LogP contribution is -2.30. The van der Waals surface area contributed by atoms with Crippen LogP contribution in [0, 0.1) is 0 Å². The van der Waals surface area contributed by atoms with Crippen LogP contribution in [0.4, 0.5) is 11.8 Å². The van der Waals surface area contributed by atoms with Crippen molar-refractivity contribution in [2.45, 2.75) is 38.9 Å². The number of imidazole rings is 2. The molecule has 0 unspecified atom stereocenters. The predicted octanol–water partition coefficient (Wildman–Crippen LogP) is -1.19. The Morgan fingerprint density at radius 3 is 2.00 bits per heavy atom. The molecule has 50 heavy (non-hydrogen) atoms. The Kier molecular flexibility index (Phi) is 8.85. The summed E-state index contributed by atoms with van der Waals surface area (Å²) in [5.41, 5.74) is -1.23. The zero-order valence-corrected chi connectivity index (χ0v) is 26.9. The molecule has 1 atom stereocenters. The number of carbonyl (C=O) groups is 2. The molecule has 1 fully saturated rings. The van der Waals surface area contributed by atoms with Crippen LogP contribution in [0.1, 0.15) is 19.8 Å². The Morgan fingerprint density at radius 1 is 0.880 bits per heavy atom. The van der Waals surface area contributed by atoms with Gasteiger partial charge in [0.05, 0.1) is 18.2 Å². The first-order valence-corrected chi connectivity index (χ1v) is 15.1. The first-order chi connectivity index (χ1) is 23.9. The third-order valence-electron chi connectivity index (χ3n) is 8.00. The topological polar surface area (TPSA) is 267 Å². The summed E-state index contributed by atoms with van der Waals surface area (Å²) in [4.78, 5) is 102. The summed E-state index contributed by atoms with van der Waals surface area (Å²) in [5.74, 6) is -0.172. The van der Waals surface area contributed by atoms with Crippen LogP contribution >= 0.6 is 0 Å². The molecule has 1 aliphatic rings. The third-order valence-corrected chi connectivity index (χ3v) is 8.00. The van der Waals surface area contributed by atoms with E-state index in [1.165, 1.54) is 46.6 Å². The van der Waals surface area contributed by atoms with E-state index in [2.05, 4.69) is 57.0 Å². The summed E-state index contributed by atoms with van der Waals surface area (Å²) >= 11 is 0.